The van der Waals surface area contributed by atoms with Crippen LogP contribution in [-0.4, -0.2) is 42.8 Å². The summed E-state index contributed by atoms with van der Waals surface area (Å²) in [6.07, 6.45) is -0.124. The Morgan fingerprint density at radius 2 is 1.94 bits per heavy atom. The molecule has 1 atom stereocenters. The molecule has 0 spiro atoms. The van der Waals surface area contributed by atoms with Crippen molar-refractivity contribution in [2.45, 2.75) is 24.3 Å². The minimum Gasteiger partial charge on any atom is -0.392 e. The number of hydrogen-bond donors (Lipinski definition) is 1. The summed E-state index contributed by atoms with van der Waals surface area (Å²) < 4.78 is 25.6. The fraction of sp³-hybridized carbons (Fsp3) is 0.417. The number of benzene rings is 1. The number of hydrogen-bond acceptors (Lipinski definition) is 4. The van der Waals surface area contributed by atoms with Crippen molar-refractivity contribution in [3.8, 4) is 0 Å². The fourth-order valence-electron chi connectivity index (χ4n) is 1.94. The molecular weight excluding hydrogens is 254 g/mol. The minimum absolute atomic E-state index is 0.101. The largest absolute Gasteiger partial charge is 0.392 e. The second-order valence-corrected chi connectivity index (χ2v) is 6.32. The lowest BCUT2D eigenvalue weighted by Crippen LogP contribution is -2.29. The molecule has 1 aliphatic heterocycles. The van der Waals surface area contributed by atoms with Crippen LogP contribution in [0.5, 0.6) is 0 Å². The number of aliphatic hydroxyl groups is 1. The average Bonchev–Trinajstić information content (AvgIpc) is 2.76. The molecule has 1 aliphatic rings. The van der Waals surface area contributed by atoms with Crippen LogP contribution in [0, 0.1) is 0 Å². The highest BCUT2D eigenvalue weighted by molar-refractivity contribution is 7.89. The van der Waals surface area contributed by atoms with Crippen molar-refractivity contribution in [1.82, 2.24) is 4.31 Å². The van der Waals surface area contributed by atoms with E-state index in [-0.39, 0.29) is 17.2 Å². The van der Waals surface area contributed by atoms with E-state index in [1.165, 1.54) is 35.5 Å². The summed E-state index contributed by atoms with van der Waals surface area (Å²) in [6.45, 7) is 1.90. The molecule has 18 heavy (non-hydrogen) atoms. The van der Waals surface area contributed by atoms with Gasteiger partial charge in [0, 0.05) is 18.7 Å². The number of carbonyl (C=O) groups is 1. The van der Waals surface area contributed by atoms with Gasteiger partial charge < -0.3 is 5.11 Å². The number of aliphatic hydroxyl groups excluding tert-OH is 1. The third-order valence-corrected chi connectivity index (χ3v) is 4.90. The van der Waals surface area contributed by atoms with Gasteiger partial charge in [0.25, 0.3) is 0 Å². The Bertz CT molecular complexity index is 550. The van der Waals surface area contributed by atoms with Gasteiger partial charge >= 0.3 is 0 Å². The Hall–Kier alpha value is -1.24. The first-order chi connectivity index (χ1) is 8.41. The molecular formula is C12H15NO4S. The number of sulfonamides is 1. The van der Waals surface area contributed by atoms with Crippen LogP contribution in [0.3, 0.4) is 0 Å². The third-order valence-electron chi connectivity index (χ3n) is 3.02. The lowest BCUT2D eigenvalue weighted by atomic mass is 10.2. The normalized spacial score (nSPS) is 21.1. The predicted octanol–water partition coefficient (Wildman–Crippen LogP) is 0.645. The second kappa shape index (κ2) is 4.79. The van der Waals surface area contributed by atoms with E-state index in [4.69, 9.17) is 0 Å². The van der Waals surface area contributed by atoms with Crippen LogP contribution < -0.4 is 0 Å². The smallest absolute Gasteiger partial charge is 0.243 e. The van der Waals surface area contributed by atoms with Crippen molar-refractivity contribution in [3.63, 3.8) is 0 Å². The molecule has 2 rings (SSSR count). The van der Waals surface area contributed by atoms with Crippen molar-refractivity contribution in [2.75, 3.05) is 13.1 Å². The second-order valence-electron chi connectivity index (χ2n) is 4.39. The predicted molar refractivity (Wildman–Crippen MR) is 65.8 cm³/mol. The van der Waals surface area contributed by atoms with Crippen molar-refractivity contribution < 1.29 is 18.3 Å². The van der Waals surface area contributed by atoms with E-state index in [1.807, 2.05) is 0 Å². The lowest BCUT2D eigenvalue weighted by Gasteiger charge is -2.15. The maximum atomic E-state index is 12.2. The molecule has 0 saturated carbocycles. The van der Waals surface area contributed by atoms with E-state index >= 15 is 0 Å². The Kier molecular flexibility index (Phi) is 3.52. The zero-order valence-electron chi connectivity index (χ0n) is 10.0. The van der Waals surface area contributed by atoms with Crippen LogP contribution in [0.15, 0.2) is 29.2 Å². The van der Waals surface area contributed by atoms with Crippen LogP contribution in [0.25, 0.3) is 0 Å². The van der Waals surface area contributed by atoms with Crippen molar-refractivity contribution in [3.05, 3.63) is 29.8 Å². The summed E-state index contributed by atoms with van der Waals surface area (Å²) in [7, 11) is -3.55. The van der Waals surface area contributed by atoms with Gasteiger partial charge in [0.2, 0.25) is 10.0 Å². The molecule has 1 unspecified atom stereocenters. The molecule has 1 aromatic rings. The quantitative estimate of drug-likeness (QED) is 0.817. The molecule has 0 amide bonds. The zero-order valence-corrected chi connectivity index (χ0v) is 10.9. The molecule has 98 valence electrons. The molecule has 0 aromatic heterocycles. The lowest BCUT2D eigenvalue weighted by molar-refractivity contribution is 0.101. The molecule has 0 radical (unpaired) electrons. The van der Waals surface area contributed by atoms with E-state index in [0.29, 0.717) is 18.5 Å². The molecule has 1 aromatic carbocycles. The van der Waals surface area contributed by atoms with E-state index in [9.17, 15) is 18.3 Å². The molecule has 5 nitrogen and oxygen atoms in total. The number of rotatable bonds is 3. The van der Waals surface area contributed by atoms with Crippen molar-refractivity contribution in [2.24, 2.45) is 0 Å². The Morgan fingerprint density at radius 1 is 1.33 bits per heavy atom. The summed E-state index contributed by atoms with van der Waals surface area (Å²) in [5.41, 5.74) is 0.482. The topological polar surface area (TPSA) is 74.7 Å². The number of β-amino-alcohol motifs (C(OH)–C–C–N with tert-alkyl or cyclic N) is 1. The minimum atomic E-state index is -3.55. The molecule has 6 heteroatoms. The number of Topliss-reactive ketones (excluding diaryl/α,β-unsaturated/α-hetero) is 1. The van der Waals surface area contributed by atoms with E-state index < -0.39 is 16.1 Å². The van der Waals surface area contributed by atoms with Crippen LogP contribution >= 0.6 is 0 Å². The SMILES string of the molecule is CC(=O)c1ccc(S(=O)(=O)N2CCC(O)C2)cc1. The zero-order chi connectivity index (χ0) is 13.3. The highest BCUT2D eigenvalue weighted by Crippen LogP contribution is 2.21. The van der Waals surface area contributed by atoms with Crippen LogP contribution in [0.4, 0.5) is 0 Å². The van der Waals surface area contributed by atoms with Gasteiger partial charge in [-0.25, -0.2) is 8.42 Å². The molecule has 1 saturated heterocycles. The highest BCUT2D eigenvalue weighted by atomic mass is 32.2. The first kappa shape index (κ1) is 13.2. The van der Waals surface area contributed by atoms with Gasteiger partial charge in [-0.1, -0.05) is 12.1 Å². The van der Waals surface area contributed by atoms with E-state index in [1.54, 1.807) is 0 Å². The van der Waals surface area contributed by atoms with Gasteiger partial charge in [-0.05, 0) is 25.5 Å². The Balaban J connectivity index is 2.27. The maximum absolute atomic E-state index is 12.2. The molecule has 0 aliphatic carbocycles. The Morgan fingerprint density at radius 3 is 2.39 bits per heavy atom. The van der Waals surface area contributed by atoms with Crippen LogP contribution in [-0.2, 0) is 10.0 Å². The maximum Gasteiger partial charge on any atom is 0.243 e. The standard InChI is InChI=1S/C12H15NO4S/c1-9(14)10-2-4-12(5-3-10)18(16,17)13-7-6-11(15)8-13/h2-5,11,15H,6-8H2,1H3. The van der Waals surface area contributed by atoms with Gasteiger partial charge in [0.15, 0.2) is 5.78 Å². The monoisotopic (exact) mass is 269 g/mol. The number of carbonyl (C=O) groups excluding carboxylic acids is 1. The fourth-order valence-corrected chi connectivity index (χ4v) is 3.43. The van der Waals surface area contributed by atoms with Gasteiger partial charge in [0.05, 0.1) is 11.0 Å². The first-order valence-electron chi connectivity index (χ1n) is 5.70. The van der Waals surface area contributed by atoms with E-state index in [2.05, 4.69) is 0 Å². The molecule has 0 bridgehead atoms. The Labute approximate surface area is 106 Å². The van der Waals surface area contributed by atoms with Gasteiger partial charge in [-0.15, -0.1) is 0 Å². The average molecular weight is 269 g/mol. The van der Waals surface area contributed by atoms with Crippen LogP contribution in [0.1, 0.15) is 23.7 Å². The third kappa shape index (κ3) is 2.45. The molecule has 1 heterocycles. The number of ketones is 1. The van der Waals surface area contributed by atoms with Gasteiger partial charge in [-0.2, -0.15) is 4.31 Å². The van der Waals surface area contributed by atoms with Crippen molar-refractivity contribution >= 4 is 15.8 Å². The van der Waals surface area contributed by atoms with Crippen LogP contribution in [0.2, 0.25) is 0 Å². The highest BCUT2D eigenvalue weighted by Gasteiger charge is 2.31. The first-order valence-corrected chi connectivity index (χ1v) is 7.14. The van der Waals surface area contributed by atoms with Gasteiger partial charge in [0.1, 0.15) is 0 Å². The summed E-state index contributed by atoms with van der Waals surface area (Å²) in [5.74, 6) is -0.101. The summed E-state index contributed by atoms with van der Waals surface area (Å²) in [4.78, 5) is 11.3. The summed E-state index contributed by atoms with van der Waals surface area (Å²) >= 11 is 0. The van der Waals surface area contributed by atoms with E-state index in [0.717, 1.165) is 0 Å². The van der Waals surface area contributed by atoms with Gasteiger partial charge in [-0.3, -0.25) is 4.79 Å². The van der Waals surface area contributed by atoms with Crippen molar-refractivity contribution in [1.29, 1.82) is 0 Å². The number of nitrogens with zero attached hydrogens (tertiary/aromatic N) is 1. The molecule has 1 N–H and O–H groups in total. The summed E-state index contributed by atoms with van der Waals surface area (Å²) in [6, 6.07) is 5.86. The summed E-state index contributed by atoms with van der Waals surface area (Å²) in [5, 5.41) is 9.38. The molecule has 1 fully saturated rings.